The normalized spacial score (nSPS) is 9.76. The molecule has 0 fully saturated rings. The summed E-state index contributed by atoms with van der Waals surface area (Å²) in [5.41, 5.74) is 0.315. The Balaban J connectivity index is 2.36. The molecule has 2 N–H and O–H groups in total. The molecule has 0 aliphatic carbocycles. The van der Waals surface area contributed by atoms with Gasteiger partial charge in [-0.15, -0.1) is 0 Å². The van der Waals surface area contributed by atoms with Crippen molar-refractivity contribution in [1.82, 2.24) is 5.32 Å². The van der Waals surface area contributed by atoms with Crippen molar-refractivity contribution in [3.8, 4) is 11.8 Å². The van der Waals surface area contributed by atoms with Crippen molar-refractivity contribution in [1.29, 1.82) is 0 Å². The van der Waals surface area contributed by atoms with E-state index in [1.54, 1.807) is 6.07 Å². The van der Waals surface area contributed by atoms with E-state index in [0.29, 0.717) is 5.56 Å². The Bertz CT molecular complexity index is 838. The molecular weight excluding hydrogens is 274 g/mol. The summed E-state index contributed by atoms with van der Waals surface area (Å²) < 4.78 is 5.11. The number of carbonyl (C=O) groups is 2. The van der Waals surface area contributed by atoms with Crippen LogP contribution in [-0.4, -0.2) is 23.5 Å². The van der Waals surface area contributed by atoms with Gasteiger partial charge in [-0.1, -0.05) is 11.8 Å². The number of carboxylic acid groups (broad SMARTS) is 1. The molecule has 6 heteroatoms. The Morgan fingerprint density at radius 1 is 1.33 bits per heavy atom. The van der Waals surface area contributed by atoms with E-state index in [-0.39, 0.29) is 23.4 Å². The summed E-state index contributed by atoms with van der Waals surface area (Å²) in [6, 6.07) is 5.55. The molecule has 1 aromatic heterocycles. The SMILES string of the molecule is CC(=O)NCC#Cc1ccc2oc(C(=O)O)cc(=O)c2c1. The molecule has 0 aliphatic heterocycles. The van der Waals surface area contributed by atoms with Crippen molar-refractivity contribution < 1.29 is 19.1 Å². The first kappa shape index (κ1) is 14.3. The van der Waals surface area contributed by atoms with Crippen LogP contribution in [0.3, 0.4) is 0 Å². The average Bonchev–Trinajstić information content (AvgIpc) is 2.43. The molecule has 0 radical (unpaired) electrons. The molecule has 21 heavy (non-hydrogen) atoms. The van der Waals surface area contributed by atoms with Crippen LogP contribution >= 0.6 is 0 Å². The number of rotatable bonds is 2. The number of hydrogen-bond donors (Lipinski definition) is 2. The Hall–Kier alpha value is -3.07. The maximum Gasteiger partial charge on any atom is 0.371 e. The van der Waals surface area contributed by atoms with E-state index >= 15 is 0 Å². The van der Waals surface area contributed by atoms with Crippen LogP contribution in [0.2, 0.25) is 0 Å². The lowest BCUT2D eigenvalue weighted by Crippen LogP contribution is -2.19. The van der Waals surface area contributed by atoms with Crippen molar-refractivity contribution in [3.05, 3.63) is 45.8 Å². The lowest BCUT2D eigenvalue weighted by atomic mass is 10.1. The fourth-order valence-electron chi connectivity index (χ4n) is 1.65. The fourth-order valence-corrected chi connectivity index (χ4v) is 1.65. The zero-order chi connectivity index (χ0) is 15.4. The largest absolute Gasteiger partial charge is 0.475 e. The highest BCUT2D eigenvalue weighted by atomic mass is 16.4. The van der Waals surface area contributed by atoms with Crippen LogP contribution in [0.5, 0.6) is 0 Å². The van der Waals surface area contributed by atoms with E-state index in [2.05, 4.69) is 17.2 Å². The van der Waals surface area contributed by atoms with E-state index in [9.17, 15) is 14.4 Å². The molecule has 0 unspecified atom stereocenters. The summed E-state index contributed by atoms with van der Waals surface area (Å²) in [6.45, 7) is 1.60. The Kier molecular flexibility index (Phi) is 4.05. The third-order valence-electron chi connectivity index (χ3n) is 2.60. The first-order valence-electron chi connectivity index (χ1n) is 6.02. The van der Waals surface area contributed by atoms with Gasteiger partial charge in [0.15, 0.2) is 5.43 Å². The molecule has 0 atom stereocenters. The highest BCUT2D eigenvalue weighted by molar-refractivity contribution is 5.87. The summed E-state index contributed by atoms with van der Waals surface area (Å²) in [7, 11) is 0. The Labute approximate surface area is 119 Å². The molecule has 0 saturated carbocycles. The topological polar surface area (TPSA) is 96.6 Å². The highest BCUT2D eigenvalue weighted by Gasteiger charge is 2.10. The first-order valence-corrected chi connectivity index (χ1v) is 6.02. The second-order valence-corrected chi connectivity index (χ2v) is 4.20. The third kappa shape index (κ3) is 3.48. The minimum Gasteiger partial charge on any atom is -0.475 e. The van der Waals surface area contributed by atoms with E-state index in [4.69, 9.17) is 9.52 Å². The third-order valence-corrected chi connectivity index (χ3v) is 2.60. The van der Waals surface area contributed by atoms with Crippen LogP contribution in [-0.2, 0) is 4.79 Å². The quantitative estimate of drug-likeness (QED) is 0.802. The molecule has 1 amide bonds. The zero-order valence-electron chi connectivity index (χ0n) is 11.1. The molecule has 2 rings (SSSR count). The van der Waals surface area contributed by atoms with Crippen LogP contribution in [0.25, 0.3) is 11.0 Å². The molecule has 106 valence electrons. The standard InChI is InChI=1S/C15H11NO5/c1-9(17)16-6-2-3-10-4-5-13-11(7-10)12(18)8-14(21-13)15(19)20/h4-5,7-8H,6H2,1H3,(H,16,17)(H,19,20). The number of fused-ring (bicyclic) bond motifs is 1. The maximum absolute atomic E-state index is 11.8. The van der Waals surface area contributed by atoms with Crippen molar-refractivity contribution >= 4 is 22.8 Å². The zero-order valence-corrected chi connectivity index (χ0v) is 11.1. The Morgan fingerprint density at radius 3 is 2.76 bits per heavy atom. The van der Waals surface area contributed by atoms with Gasteiger partial charge in [-0.05, 0) is 18.2 Å². The van der Waals surface area contributed by atoms with E-state index in [0.717, 1.165) is 6.07 Å². The second-order valence-electron chi connectivity index (χ2n) is 4.20. The summed E-state index contributed by atoms with van der Waals surface area (Å²) in [6.07, 6.45) is 0. The van der Waals surface area contributed by atoms with Gasteiger partial charge in [-0.25, -0.2) is 4.79 Å². The molecule has 1 heterocycles. The minimum absolute atomic E-state index is 0.176. The number of benzene rings is 1. The van der Waals surface area contributed by atoms with Crippen molar-refractivity contribution in [2.75, 3.05) is 6.54 Å². The Morgan fingerprint density at radius 2 is 2.10 bits per heavy atom. The van der Waals surface area contributed by atoms with E-state index in [1.165, 1.54) is 19.1 Å². The first-order chi connectivity index (χ1) is 9.97. The van der Waals surface area contributed by atoms with Gasteiger partial charge in [0, 0.05) is 18.6 Å². The fraction of sp³-hybridized carbons (Fsp3) is 0.133. The lowest BCUT2D eigenvalue weighted by molar-refractivity contribution is -0.118. The molecule has 0 saturated heterocycles. The van der Waals surface area contributed by atoms with Crippen LogP contribution in [0.4, 0.5) is 0 Å². The molecule has 2 aromatic rings. The number of carboxylic acids is 1. The number of aromatic carboxylic acids is 1. The van der Waals surface area contributed by atoms with Crippen molar-refractivity contribution in [2.24, 2.45) is 0 Å². The van der Waals surface area contributed by atoms with Crippen molar-refractivity contribution in [2.45, 2.75) is 6.92 Å². The van der Waals surface area contributed by atoms with Gasteiger partial charge in [0.2, 0.25) is 11.7 Å². The molecule has 0 bridgehead atoms. The van der Waals surface area contributed by atoms with E-state index < -0.39 is 17.2 Å². The van der Waals surface area contributed by atoms with Gasteiger partial charge in [0.1, 0.15) is 5.58 Å². The van der Waals surface area contributed by atoms with E-state index in [1.807, 2.05) is 0 Å². The monoisotopic (exact) mass is 285 g/mol. The number of amides is 1. The highest BCUT2D eigenvalue weighted by Crippen LogP contribution is 2.14. The molecule has 1 aromatic carbocycles. The summed E-state index contributed by atoms with van der Waals surface area (Å²) >= 11 is 0. The summed E-state index contributed by atoms with van der Waals surface area (Å²) in [4.78, 5) is 33.3. The van der Waals surface area contributed by atoms with Gasteiger partial charge >= 0.3 is 5.97 Å². The van der Waals surface area contributed by atoms with Crippen LogP contribution in [0.1, 0.15) is 23.0 Å². The van der Waals surface area contributed by atoms with Gasteiger partial charge < -0.3 is 14.8 Å². The van der Waals surface area contributed by atoms with Gasteiger partial charge in [-0.2, -0.15) is 0 Å². The van der Waals surface area contributed by atoms with Crippen molar-refractivity contribution in [3.63, 3.8) is 0 Å². The van der Waals surface area contributed by atoms with Gasteiger partial charge in [-0.3, -0.25) is 9.59 Å². The van der Waals surface area contributed by atoms with Gasteiger partial charge in [0.05, 0.1) is 11.9 Å². The smallest absolute Gasteiger partial charge is 0.371 e. The maximum atomic E-state index is 11.8. The average molecular weight is 285 g/mol. The number of nitrogens with one attached hydrogen (secondary N) is 1. The lowest BCUT2D eigenvalue weighted by Gasteiger charge is -1.99. The minimum atomic E-state index is -1.30. The van der Waals surface area contributed by atoms with Crippen LogP contribution in [0, 0.1) is 11.8 Å². The van der Waals surface area contributed by atoms with Gasteiger partial charge in [0.25, 0.3) is 0 Å². The predicted octanol–water partition coefficient (Wildman–Crippen LogP) is 0.979. The molecule has 0 aliphatic rings. The molecule has 6 nitrogen and oxygen atoms in total. The summed E-state index contributed by atoms with van der Waals surface area (Å²) in [5.74, 6) is 3.65. The number of hydrogen-bond acceptors (Lipinski definition) is 4. The summed E-state index contributed by atoms with van der Waals surface area (Å²) in [5, 5.41) is 11.6. The molecular formula is C15H11NO5. The van der Waals surface area contributed by atoms with Crippen LogP contribution < -0.4 is 10.7 Å². The molecule has 0 spiro atoms. The number of carbonyl (C=O) groups excluding carboxylic acids is 1. The van der Waals surface area contributed by atoms with Crippen LogP contribution in [0.15, 0.2) is 33.5 Å². The second kappa shape index (κ2) is 5.92. The predicted molar refractivity (Wildman–Crippen MR) is 75.0 cm³/mol.